The standard InChI is InChI=1S/C16H20F3NO/c1-3-4-5-7-10(2)13-11-8-6-9-12(16(17,18)19)14(11)20-15(13)21/h6,8-10,13H,3-5,7H2,1-2H3,(H,20,21). The molecule has 0 radical (unpaired) electrons. The monoisotopic (exact) mass is 299 g/mol. The Morgan fingerprint density at radius 1 is 1.29 bits per heavy atom. The molecule has 1 amide bonds. The van der Waals surface area contributed by atoms with Crippen molar-refractivity contribution < 1.29 is 18.0 Å². The lowest BCUT2D eigenvalue weighted by Crippen LogP contribution is -2.19. The van der Waals surface area contributed by atoms with Gasteiger partial charge in [0.1, 0.15) is 0 Å². The molecule has 0 saturated heterocycles. The fourth-order valence-corrected chi connectivity index (χ4v) is 3.00. The molecular weight excluding hydrogens is 279 g/mol. The number of unbranched alkanes of at least 4 members (excludes halogenated alkanes) is 2. The SMILES string of the molecule is CCCCCC(C)C1C(=O)Nc2c1cccc2C(F)(F)F. The number of rotatable bonds is 5. The van der Waals surface area contributed by atoms with Crippen LogP contribution in [0.2, 0.25) is 0 Å². The summed E-state index contributed by atoms with van der Waals surface area (Å²) in [6.07, 6.45) is -0.442. The van der Waals surface area contributed by atoms with Gasteiger partial charge >= 0.3 is 6.18 Å². The first-order valence-electron chi connectivity index (χ1n) is 7.37. The topological polar surface area (TPSA) is 29.1 Å². The molecule has 1 aromatic carbocycles. The van der Waals surface area contributed by atoms with E-state index in [2.05, 4.69) is 12.2 Å². The van der Waals surface area contributed by atoms with E-state index < -0.39 is 17.7 Å². The molecule has 0 aliphatic carbocycles. The number of alkyl halides is 3. The van der Waals surface area contributed by atoms with E-state index in [1.54, 1.807) is 6.07 Å². The first-order chi connectivity index (χ1) is 9.86. The average molecular weight is 299 g/mol. The van der Waals surface area contributed by atoms with Gasteiger partial charge in [0.15, 0.2) is 0 Å². The Kier molecular flexibility index (Phi) is 4.59. The van der Waals surface area contributed by atoms with Crippen molar-refractivity contribution >= 4 is 11.6 Å². The van der Waals surface area contributed by atoms with Gasteiger partial charge in [-0.3, -0.25) is 4.79 Å². The van der Waals surface area contributed by atoms with Crippen LogP contribution in [0.25, 0.3) is 0 Å². The summed E-state index contributed by atoms with van der Waals surface area (Å²) in [5.74, 6) is -0.744. The zero-order chi connectivity index (χ0) is 15.6. The molecule has 1 aromatic rings. The first-order valence-corrected chi connectivity index (χ1v) is 7.37. The number of anilines is 1. The van der Waals surface area contributed by atoms with E-state index in [0.29, 0.717) is 5.56 Å². The van der Waals surface area contributed by atoms with Crippen molar-refractivity contribution in [3.63, 3.8) is 0 Å². The second-order valence-electron chi connectivity index (χ2n) is 5.71. The number of hydrogen-bond acceptors (Lipinski definition) is 1. The smallest absolute Gasteiger partial charge is 0.325 e. The van der Waals surface area contributed by atoms with Gasteiger partial charge in [0.2, 0.25) is 5.91 Å². The minimum atomic E-state index is -4.45. The Morgan fingerprint density at radius 3 is 2.62 bits per heavy atom. The van der Waals surface area contributed by atoms with Crippen molar-refractivity contribution in [3.8, 4) is 0 Å². The summed E-state index contributed by atoms with van der Waals surface area (Å²) >= 11 is 0. The van der Waals surface area contributed by atoms with E-state index in [9.17, 15) is 18.0 Å². The van der Waals surface area contributed by atoms with Crippen molar-refractivity contribution in [2.75, 3.05) is 5.32 Å². The van der Waals surface area contributed by atoms with E-state index in [-0.39, 0.29) is 17.5 Å². The zero-order valence-corrected chi connectivity index (χ0v) is 12.3. The van der Waals surface area contributed by atoms with Crippen molar-refractivity contribution in [2.45, 2.75) is 51.6 Å². The molecule has 2 nitrogen and oxygen atoms in total. The second kappa shape index (κ2) is 6.08. The highest BCUT2D eigenvalue weighted by molar-refractivity contribution is 6.04. The first kappa shape index (κ1) is 15.9. The van der Waals surface area contributed by atoms with Gasteiger partial charge in [-0.25, -0.2) is 0 Å². The molecule has 1 aliphatic heterocycles. The molecule has 5 heteroatoms. The molecule has 1 aliphatic rings. The van der Waals surface area contributed by atoms with Crippen LogP contribution < -0.4 is 5.32 Å². The molecule has 1 heterocycles. The van der Waals surface area contributed by atoms with Gasteiger partial charge in [0, 0.05) is 0 Å². The van der Waals surface area contributed by atoms with Crippen LogP contribution in [0.3, 0.4) is 0 Å². The molecule has 0 saturated carbocycles. The van der Waals surface area contributed by atoms with E-state index in [1.165, 1.54) is 6.07 Å². The Bertz CT molecular complexity index is 525. The Hall–Kier alpha value is -1.52. The van der Waals surface area contributed by atoms with E-state index in [0.717, 1.165) is 31.7 Å². The van der Waals surface area contributed by atoms with Crippen molar-refractivity contribution in [1.82, 2.24) is 0 Å². The number of nitrogens with one attached hydrogen (secondary N) is 1. The van der Waals surface area contributed by atoms with Crippen molar-refractivity contribution in [1.29, 1.82) is 0 Å². The molecule has 2 rings (SSSR count). The average Bonchev–Trinajstić information content (AvgIpc) is 2.73. The van der Waals surface area contributed by atoms with Crippen LogP contribution in [-0.2, 0) is 11.0 Å². The number of carbonyl (C=O) groups excluding carboxylic acids is 1. The summed E-state index contributed by atoms with van der Waals surface area (Å²) in [5, 5.41) is 2.44. The largest absolute Gasteiger partial charge is 0.418 e. The van der Waals surface area contributed by atoms with Gasteiger partial charge in [-0.15, -0.1) is 0 Å². The summed E-state index contributed by atoms with van der Waals surface area (Å²) in [6, 6.07) is 4.03. The molecule has 0 bridgehead atoms. The highest BCUT2D eigenvalue weighted by Gasteiger charge is 2.41. The summed E-state index contributed by atoms with van der Waals surface area (Å²) in [6.45, 7) is 4.03. The van der Waals surface area contributed by atoms with Crippen LogP contribution in [0.5, 0.6) is 0 Å². The molecule has 0 spiro atoms. The number of fused-ring (bicyclic) bond motifs is 1. The van der Waals surface area contributed by atoms with E-state index >= 15 is 0 Å². The van der Waals surface area contributed by atoms with Crippen LogP contribution in [0.4, 0.5) is 18.9 Å². The van der Waals surface area contributed by atoms with Crippen molar-refractivity contribution in [2.24, 2.45) is 5.92 Å². The highest BCUT2D eigenvalue weighted by atomic mass is 19.4. The van der Waals surface area contributed by atoms with E-state index in [1.807, 2.05) is 6.92 Å². The number of para-hydroxylation sites is 1. The summed E-state index contributed by atoms with van der Waals surface area (Å²) in [5.41, 5.74) is -0.322. The number of hydrogen-bond donors (Lipinski definition) is 1. The van der Waals surface area contributed by atoms with Crippen LogP contribution >= 0.6 is 0 Å². The highest BCUT2D eigenvalue weighted by Crippen LogP contribution is 2.45. The molecular formula is C16H20F3NO. The summed E-state index contributed by atoms with van der Waals surface area (Å²) in [4.78, 5) is 12.1. The zero-order valence-electron chi connectivity index (χ0n) is 12.3. The normalized spacial score (nSPS) is 19.3. The number of halogens is 3. The van der Waals surface area contributed by atoms with Crippen LogP contribution in [0, 0.1) is 5.92 Å². The molecule has 1 N–H and O–H groups in total. The Labute approximate surface area is 122 Å². The van der Waals surface area contributed by atoms with Gasteiger partial charge < -0.3 is 5.32 Å². The van der Waals surface area contributed by atoms with Gasteiger partial charge in [0.25, 0.3) is 0 Å². The molecule has 2 atom stereocenters. The third-order valence-corrected chi connectivity index (χ3v) is 4.10. The van der Waals surface area contributed by atoms with Gasteiger partial charge in [-0.1, -0.05) is 45.2 Å². The second-order valence-corrected chi connectivity index (χ2v) is 5.71. The predicted octanol–water partition coefficient (Wildman–Crippen LogP) is 4.96. The van der Waals surface area contributed by atoms with Crippen LogP contribution in [0.1, 0.15) is 56.6 Å². The minimum Gasteiger partial charge on any atom is -0.325 e. The van der Waals surface area contributed by atoms with Crippen LogP contribution in [-0.4, -0.2) is 5.91 Å². The third-order valence-electron chi connectivity index (χ3n) is 4.10. The fraction of sp³-hybridized carbons (Fsp3) is 0.562. The van der Waals surface area contributed by atoms with Gasteiger partial charge in [0.05, 0.1) is 17.2 Å². The maximum atomic E-state index is 13.0. The summed E-state index contributed by atoms with van der Waals surface area (Å²) < 4.78 is 39.0. The molecule has 2 unspecified atom stereocenters. The quantitative estimate of drug-likeness (QED) is 0.765. The lowest BCUT2D eigenvalue weighted by molar-refractivity contribution is -0.136. The van der Waals surface area contributed by atoms with Gasteiger partial charge in [-0.05, 0) is 24.0 Å². The van der Waals surface area contributed by atoms with E-state index in [4.69, 9.17) is 0 Å². The number of carbonyl (C=O) groups is 1. The predicted molar refractivity (Wildman–Crippen MR) is 76.1 cm³/mol. The Morgan fingerprint density at radius 2 is 2.00 bits per heavy atom. The third kappa shape index (κ3) is 3.22. The summed E-state index contributed by atoms with van der Waals surface area (Å²) in [7, 11) is 0. The number of benzene rings is 1. The van der Waals surface area contributed by atoms with Crippen molar-refractivity contribution in [3.05, 3.63) is 29.3 Å². The maximum absolute atomic E-state index is 13.0. The lowest BCUT2D eigenvalue weighted by Gasteiger charge is -2.18. The van der Waals surface area contributed by atoms with Crippen LogP contribution in [0.15, 0.2) is 18.2 Å². The molecule has 116 valence electrons. The molecule has 0 fully saturated rings. The molecule has 21 heavy (non-hydrogen) atoms. The minimum absolute atomic E-state index is 0.0429. The lowest BCUT2D eigenvalue weighted by atomic mass is 9.84. The van der Waals surface area contributed by atoms with Gasteiger partial charge in [-0.2, -0.15) is 13.2 Å². The number of amides is 1. The fourth-order valence-electron chi connectivity index (χ4n) is 3.00. The maximum Gasteiger partial charge on any atom is 0.418 e. The molecule has 0 aromatic heterocycles. The Balaban J connectivity index is 2.27.